The first-order chi connectivity index (χ1) is 10.6. The van der Waals surface area contributed by atoms with Gasteiger partial charge in [0.15, 0.2) is 6.61 Å². The van der Waals surface area contributed by atoms with Gasteiger partial charge >= 0.3 is 0 Å². The smallest absolute Gasteiger partial charge is 0.262 e. The Morgan fingerprint density at radius 1 is 1.18 bits per heavy atom. The van der Waals surface area contributed by atoms with E-state index in [9.17, 15) is 4.79 Å². The molecule has 2 N–H and O–H groups in total. The van der Waals surface area contributed by atoms with Gasteiger partial charge < -0.3 is 15.3 Å². The molecular formula is C17H18N2O3. The van der Waals surface area contributed by atoms with E-state index in [4.69, 9.17) is 9.94 Å². The van der Waals surface area contributed by atoms with Gasteiger partial charge in [-0.15, -0.1) is 0 Å². The van der Waals surface area contributed by atoms with Gasteiger partial charge in [0.1, 0.15) is 5.75 Å². The van der Waals surface area contributed by atoms with Crippen molar-refractivity contribution in [2.45, 2.75) is 13.8 Å². The number of carbonyl (C=O) groups is 1. The Bertz CT molecular complexity index is 696. The van der Waals surface area contributed by atoms with Crippen LogP contribution in [0.4, 0.5) is 5.69 Å². The minimum atomic E-state index is -0.248. The summed E-state index contributed by atoms with van der Waals surface area (Å²) >= 11 is 0. The van der Waals surface area contributed by atoms with Crippen LogP contribution in [0.2, 0.25) is 0 Å². The maximum absolute atomic E-state index is 12.0. The maximum atomic E-state index is 12.0. The Hall–Kier alpha value is -2.82. The number of oxime groups is 1. The minimum Gasteiger partial charge on any atom is -0.483 e. The van der Waals surface area contributed by atoms with Gasteiger partial charge in [0, 0.05) is 11.3 Å². The van der Waals surface area contributed by atoms with Crippen LogP contribution < -0.4 is 10.1 Å². The average Bonchev–Trinajstić information content (AvgIpc) is 2.54. The molecule has 0 aliphatic carbocycles. The summed E-state index contributed by atoms with van der Waals surface area (Å²) in [4.78, 5) is 12.0. The monoisotopic (exact) mass is 298 g/mol. The molecule has 0 aliphatic heterocycles. The number of amides is 1. The normalized spacial score (nSPS) is 11.1. The molecule has 2 aromatic rings. The molecule has 0 bridgehead atoms. The molecule has 0 aromatic heterocycles. The van der Waals surface area contributed by atoms with E-state index in [0.717, 1.165) is 11.3 Å². The molecule has 1 amide bonds. The number of aryl methyl sites for hydroxylation is 1. The Morgan fingerprint density at radius 3 is 2.59 bits per heavy atom. The number of hydrogen-bond donors (Lipinski definition) is 2. The molecule has 2 aromatic carbocycles. The van der Waals surface area contributed by atoms with Crippen LogP contribution in [-0.2, 0) is 4.79 Å². The molecule has 114 valence electrons. The number of hydrogen-bond acceptors (Lipinski definition) is 4. The predicted octanol–water partition coefficient (Wildman–Crippen LogP) is 3.21. The Kier molecular flexibility index (Phi) is 5.14. The largest absolute Gasteiger partial charge is 0.483 e. The Balaban J connectivity index is 2.02. The molecule has 0 spiro atoms. The zero-order chi connectivity index (χ0) is 15.9. The molecule has 0 radical (unpaired) electrons. The lowest BCUT2D eigenvalue weighted by Crippen LogP contribution is -2.21. The lowest BCUT2D eigenvalue weighted by atomic mass is 10.1. The van der Waals surface area contributed by atoms with Gasteiger partial charge in [0.05, 0.1) is 5.71 Å². The minimum absolute atomic E-state index is 0.121. The number of nitrogens with zero attached hydrogens (tertiary/aromatic N) is 1. The van der Waals surface area contributed by atoms with Crippen molar-refractivity contribution < 1.29 is 14.7 Å². The zero-order valence-electron chi connectivity index (χ0n) is 12.5. The second kappa shape index (κ2) is 7.26. The van der Waals surface area contributed by atoms with Crippen molar-refractivity contribution in [3.63, 3.8) is 0 Å². The van der Waals surface area contributed by atoms with Crippen LogP contribution in [-0.4, -0.2) is 23.4 Å². The van der Waals surface area contributed by atoms with Gasteiger partial charge in [-0.25, -0.2) is 0 Å². The fourth-order valence-corrected chi connectivity index (χ4v) is 1.99. The Labute approximate surface area is 129 Å². The highest BCUT2D eigenvalue weighted by Gasteiger charge is 2.09. The Morgan fingerprint density at radius 2 is 1.86 bits per heavy atom. The van der Waals surface area contributed by atoms with E-state index in [1.165, 1.54) is 0 Å². The van der Waals surface area contributed by atoms with Crippen LogP contribution in [0.1, 0.15) is 18.1 Å². The topological polar surface area (TPSA) is 70.9 Å². The van der Waals surface area contributed by atoms with Crippen molar-refractivity contribution in [2.24, 2.45) is 5.16 Å². The van der Waals surface area contributed by atoms with Crippen LogP contribution in [0.5, 0.6) is 5.75 Å². The summed E-state index contributed by atoms with van der Waals surface area (Å²) in [6.45, 7) is 3.46. The number of para-hydroxylation sites is 2. The van der Waals surface area contributed by atoms with E-state index < -0.39 is 0 Å². The molecule has 0 atom stereocenters. The first-order valence-electron chi connectivity index (χ1n) is 6.88. The maximum Gasteiger partial charge on any atom is 0.262 e. The first kappa shape index (κ1) is 15.6. The number of carbonyl (C=O) groups excluding carboxylic acids is 1. The highest BCUT2D eigenvalue weighted by Crippen LogP contribution is 2.19. The summed E-state index contributed by atoms with van der Waals surface area (Å²) < 4.78 is 5.53. The van der Waals surface area contributed by atoms with Gasteiger partial charge in [-0.2, -0.15) is 0 Å². The van der Waals surface area contributed by atoms with Gasteiger partial charge in [0.25, 0.3) is 5.91 Å². The standard InChI is InChI=1S/C17H18N2O3/c1-12-7-3-5-9-15(12)18-17(20)11-22-16-10-6-4-8-14(16)13(2)19-21/h3-10,21H,11H2,1-2H3,(H,18,20)/b19-13+. The van der Waals surface area contributed by atoms with Crippen LogP contribution in [0.3, 0.4) is 0 Å². The van der Waals surface area contributed by atoms with Crippen molar-refractivity contribution in [3.8, 4) is 5.75 Å². The van der Waals surface area contributed by atoms with Gasteiger partial charge in [-0.05, 0) is 37.6 Å². The first-order valence-corrected chi connectivity index (χ1v) is 6.88. The average molecular weight is 298 g/mol. The number of nitrogens with one attached hydrogen (secondary N) is 1. The van der Waals surface area contributed by atoms with Gasteiger partial charge in [0.2, 0.25) is 0 Å². The lowest BCUT2D eigenvalue weighted by molar-refractivity contribution is -0.118. The second-order valence-corrected chi connectivity index (χ2v) is 4.83. The highest BCUT2D eigenvalue weighted by atomic mass is 16.5. The SMILES string of the molecule is C/C(=N\O)c1ccccc1OCC(=O)Nc1ccccc1C. The highest BCUT2D eigenvalue weighted by molar-refractivity contribution is 6.01. The van der Waals surface area contributed by atoms with Crippen LogP contribution in [0, 0.1) is 6.92 Å². The van der Waals surface area contributed by atoms with Crippen LogP contribution >= 0.6 is 0 Å². The third kappa shape index (κ3) is 3.85. The van der Waals surface area contributed by atoms with E-state index >= 15 is 0 Å². The third-order valence-corrected chi connectivity index (χ3v) is 3.20. The molecule has 5 nitrogen and oxygen atoms in total. The summed E-state index contributed by atoms with van der Waals surface area (Å²) in [5.41, 5.74) is 2.82. The summed E-state index contributed by atoms with van der Waals surface area (Å²) in [5, 5.41) is 14.8. The zero-order valence-corrected chi connectivity index (χ0v) is 12.5. The molecule has 0 aliphatic rings. The summed E-state index contributed by atoms with van der Waals surface area (Å²) in [5.74, 6) is 0.250. The molecular weight excluding hydrogens is 280 g/mol. The molecule has 5 heteroatoms. The molecule has 0 heterocycles. The van der Waals surface area contributed by atoms with Crippen LogP contribution in [0.15, 0.2) is 53.7 Å². The molecule has 0 unspecified atom stereocenters. The summed E-state index contributed by atoms with van der Waals surface area (Å²) in [6.07, 6.45) is 0. The third-order valence-electron chi connectivity index (χ3n) is 3.20. The van der Waals surface area contributed by atoms with E-state index in [1.54, 1.807) is 25.1 Å². The number of benzene rings is 2. The van der Waals surface area contributed by atoms with Crippen LogP contribution in [0.25, 0.3) is 0 Å². The van der Waals surface area contributed by atoms with E-state index in [2.05, 4.69) is 10.5 Å². The van der Waals surface area contributed by atoms with Crippen molar-refractivity contribution in [1.82, 2.24) is 0 Å². The fourth-order valence-electron chi connectivity index (χ4n) is 1.99. The molecule has 2 rings (SSSR count). The molecule has 0 fully saturated rings. The van der Waals surface area contributed by atoms with E-state index in [-0.39, 0.29) is 12.5 Å². The summed E-state index contributed by atoms with van der Waals surface area (Å²) in [6, 6.07) is 14.6. The number of anilines is 1. The van der Waals surface area contributed by atoms with Gasteiger partial charge in [-0.1, -0.05) is 35.5 Å². The number of ether oxygens (including phenoxy) is 1. The lowest BCUT2D eigenvalue weighted by Gasteiger charge is -2.11. The fraction of sp³-hybridized carbons (Fsp3) is 0.176. The van der Waals surface area contributed by atoms with Crippen molar-refractivity contribution in [2.75, 3.05) is 11.9 Å². The predicted molar refractivity (Wildman–Crippen MR) is 85.7 cm³/mol. The molecule has 22 heavy (non-hydrogen) atoms. The number of rotatable bonds is 5. The molecule has 0 saturated carbocycles. The van der Waals surface area contributed by atoms with E-state index in [0.29, 0.717) is 17.0 Å². The van der Waals surface area contributed by atoms with Crippen molar-refractivity contribution in [1.29, 1.82) is 0 Å². The second-order valence-electron chi connectivity index (χ2n) is 4.83. The van der Waals surface area contributed by atoms with E-state index in [1.807, 2.05) is 37.3 Å². The van der Waals surface area contributed by atoms with Crippen molar-refractivity contribution >= 4 is 17.3 Å². The quantitative estimate of drug-likeness (QED) is 0.506. The summed E-state index contributed by atoms with van der Waals surface area (Å²) in [7, 11) is 0. The molecule has 0 saturated heterocycles. The van der Waals surface area contributed by atoms with Crippen molar-refractivity contribution in [3.05, 3.63) is 59.7 Å². The van der Waals surface area contributed by atoms with Gasteiger partial charge in [-0.3, -0.25) is 4.79 Å².